The lowest BCUT2D eigenvalue weighted by atomic mass is 10.1. The lowest BCUT2D eigenvalue weighted by Gasteiger charge is -2.23. The van der Waals surface area contributed by atoms with Crippen molar-refractivity contribution >= 4 is 6.21 Å². The van der Waals surface area contributed by atoms with Gasteiger partial charge in [0.2, 0.25) is 0 Å². The fourth-order valence-corrected chi connectivity index (χ4v) is 1.88. The number of morpholine rings is 1. The van der Waals surface area contributed by atoms with Crippen LogP contribution in [0.5, 0.6) is 5.75 Å². The number of nitrogens with zero attached hydrogens (tertiary/aromatic N) is 2. The second-order valence-corrected chi connectivity index (χ2v) is 5.41. The van der Waals surface area contributed by atoms with Crippen LogP contribution in [0.3, 0.4) is 0 Å². The van der Waals surface area contributed by atoms with E-state index in [2.05, 4.69) is 18.9 Å². The number of hydrogen-bond acceptors (Lipinski definition) is 4. The van der Waals surface area contributed by atoms with Gasteiger partial charge in [-0.3, -0.25) is 5.01 Å². The van der Waals surface area contributed by atoms with Gasteiger partial charge >= 0.3 is 0 Å². The van der Waals surface area contributed by atoms with Crippen LogP contribution in [-0.4, -0.2) is 44.1 Å². The Bertz CT molecular complexity index is 409. The van der Waals surface area contributed by atoms with Crippen LogP contribution in [0, 0.1) is 5.92 Å². The van der Waals surface area contributed by atoms with E-state index >= 15 is 0 Å². The summed E-state index contributed by atoms with van der Waals surface area (Å²) in [5, 5.41) is 6.49. The van der Waals surface area contributed by atoms with Crippen LogP contribution < -0.4 is 4.74 Å². The summed E-state index contributed by atoms with van der Waals surface area (Å²) in [5.74, 6) is 1.60. The summed E-state index contributed by atoms with van der Waals surface area (Å²) in [4.78, 5) is 0. The fourth-order valence-electron chi connectivity index (χ4n) is 1.88. The van der Waals surface area contributed by atoms with Crippen LogP contribution in [0.2, 0.25) is 0 Å². The van der Waals surface area contributed by atoms with Crippen LogP contribution >= 0.6 is 0 Å². The van der Waals surface area contributed by atoms with Crippen molar-refractivity contribution in [1.29, 1.82) is 0 Å². The van der Waals surface area contributed by atoms with E-state index in [1.54, 1.807) is 0 Å². The van der Waals surface area contributed by atoms with E-state index in [1.165, 1.54) is 0 Å². The summed E-state index contributed by atoms with van der Waals surface area (Å²) in [5.41, 5.74) is 1.09. The zero-order chi connectivity index (χ0) is 14.2. The number of ether oxygens (including phenoxy) is 2. The molecular weight excluding hydrogens is 252 g/mol. The van der Waals surface area contributed by atoms with E-state index in [1.807, 2.05) is 35.5 Å². The zero-order valence-corrected chi connectivity index (χ0v) is 12.4. The molecule has 110 valence electrons. The summed E-state index contributed by atoms with van der Waals surface area (Å²) in [6.07, 6.45) is 2.98. The molecule has 1 aromatic rings. The highest BCUT2D eigenvalue weighted by molar-refractivity contribution is 5.79. The van der Waals surface area contributed by atoms with Crippen LogP contribution in [0.15, 0.2) is 29.4 Å². The molecule has 0 aromatic heterocycles. The summed E-state index contributed by atoms with van der Waals surface area (Å²) in [6, 6.07) is 8.07. The summed E-state index contributed by atoms with van der Waals surface area (Å²) in [6.45, 7) is 8.45. The molecule has 0 atom stereocenters. The molecule has 1 aromatic carbocycles. The first-order chi connectivity index (χ1) is 9.74. The largest absolute Gasteiger partial charge is 0.494 e. The lowest BCUT2D eigenvalue weighted by molar-refractivity contribution is 0.0397. The molecule has 1 fully saturated rings. The fraction of sp³-hybridized carbons (Fsp3) is 0.562. The van der Waals surface area contributed by atoms with Gasteiger partial charge in [0.05, 0.1) is 39.1 Å². The topological polar surface area (TPSA) is 34.1 Å². The van der Waals surface area contributed by atoms with Gasteiger partial charge in [0.15, 0.2) is 0 Å². The number of hydrogen-bond donors (Lipinski definition) is 0. The van der Waals surface area contributed by atoms with Crippen LogP contribution in [0.4, 0.5) is 0 Å². The number of rotatable bonds is 6. The Morgan fingerprint density at radius 3 is 2.60 bits per heavy atom. The lowest BCUT2D eigenvalue weighted by Crippen LogP contribution is -2.32. The summed E-state index contributed by atoms with van der Waals surface area (Å²) >= 11 is 0. The SMILES string of the molecule is CC(C)CCOc1ccc(/C=N/N2CCOCC2)cc1. The van der Waals surface area contributed by atoms with E-state index in [0.29, 0.717) is 5.92 Å². The van der Waals surface area contributed by atoms with Gasteiger partial charge < -0.3 is 9.47 Å². The Kier molecular flexibility index (Phi) is 5.87. The quantitative estimate of drug-likeness (QED) is 0.749. The molecule has 0 N–H and O–H groups in total. The third-order valence-corrected chi connectivity index (χ3v) is 3.20. The third-order valence-electron chi connectivity index (χ3n) is 3.20. The monoisotopic (exact) mass is 276 g/mol. The maximum atomic E-state index is 5.69. The van der Waals surface area contributed by atoms with Gasteiger partial charge in [-0.1, -0.05) is 13.8 Å². The van der Waals surface area contributed by atoms with Crippen LogP contribution in [0.25, 0.3) is 0 Å². The average molecular weight is 276 g/mol. The maximum absolute atomic E-state index is 5.69. The van der Waals surface area contributed by atoms with Crippen molar-refractivity contribution in [3.63, 3.8) is 0 Å². The van der Waals surface area contributed by atoms with Gasteiger partial charge in [0.25, 0.3) is 0 Å². The third kappa shape index (κ3) is 5.21. The highest BCUT2D eigenvalue weighted by Gasteiger charge is 2.06. The highest BCUT2D eigenvalue weighted by Crippen LogP contribution is 2.12. The molecule has 2 rings (SSSR count). The molecular formula is C16H24N2O2. The first-order valence-electron chi connectivity index (χ1n) is 7.33. The van der Waals surface area contributed by atoms with Crippen molar-refractivity contribution in [1.82, 2.24) is 5.01 Å². The Hall–Kier alpha value is -1.55. The molecule has 0 spiro atoms. The van der Waals surface area contributed by atoms with Gasteiger partial charge in [0, 0.05) is 0 Å². The molecule has 1 heterocycles. The van der Waals surface area contributed by atoms with Crippen molar-refractivity contribution in [3.8, 4) is 5.75 Å². The van der Waals surface area contributed by atoms with E-state index in [4.69, 9.17) is 9.47 Å². The molecule has 0 radical (unpaired) electrons. The molecule has 1 saturated heterocycles. The molecule has 20 heavy (non-hydrogen) atoms. The van der Waals surface area contributed by atoms with E-state index in [9.17, 15) is 0 Å². The Balaban J connectivity index is 1.80. The highest BCUT2D eigenvalue weighted by atomic mass is 16.5. The normalized spacial score (nSPS) is 16.1. The number of benzene rings is 1. The average Bonchev–Trinajstić information content (AvgIpc) is 2.47. The molecule has 0 amide bonds. The van der Waals surface area contributed by atoms with Crippen molar-refractivity contribution in [3.05, 3.63) is 29.8 Å². The summed E-state index contributed by atoms with van der Waals surface area (Å²) < 4.78 is 11.0. The minimum absolute atomic E-state index is 0.676. The zero-order valence-electron chi connectivity index (χ0n) is 12.4. The second kappa shape index (κ2) is 7.90. The van der Waals surface area contributed by atoms with Gasteiger partial charge in [-0.15, -0.1) is 0 Å². The standard InChI is InChI=1S/C16H24N2O2/c1-14(2)7-10-20-16-5-3-15(4-6-16)13-17-18-8-11-19-12-9-18/h3-6,13-14H,7-12H2,1-2H3/b17-13+. The van der Waals surface area contributed by atoms with Crippen molar-refractivity contribution in [2.24, 2.45) is 11.0 Å². The van der Waals surface area contributed by atoms with Crippen LogP contribution in [-0.2, 0) is 4.74 Å². The van der Waals surface area contributed by atoms with E-state index in [-0.39, 0.29) is 0 Å². The van der Waals surface area contributed by atoms with Crippen molar-refractivity contribution in [2.75, 3.05) is 32.9 Å². The van der Waals surface area contributed by atoms with Gasteiger partial charge in [0.1, 0.15) is 5.75 Å². The smallest absolute Gasteiger partial charge is 0.119 e. The molecule has 0 saturated carbocycles. The van der Waals surface area contributed by atoms with Gasteiger partial charge in [-0.25, -0.2) is 0 Å². The molecule has 1 aliphatic heterocycles. The molecule has 0 aliphatic carbocycles. The summed E-state index contributed by atoms with van der Waals surface area (Å²) in [7, 11) is 0. The molecule has 0 bridgehead atoms. The Morgan fingerprint density at radius 1 is 1.25 bits per heavy atom. The predicted octanol–water partition coefficient (Wildman–Crippen LogP) is 2.78. The first-order valence-corrected chi connectivity index (χ1v) is 7.33. The van der Waals surface area contributed by atoms with Gasteiger partial charge in [-0.2, -0.15) is 5.10 Å². The van der Waals surface area contributed by atoms with E-state index < -0.39 is 0 Å². The molecule has 0 unspecified atom stereocenters. The maximum Gasteiger partial charge on any atom is 0.119 e. The van der Waals surface area contributed by atoms with Crippen molar-refractivity contribution < 1.29 is 9.47 Å². The molecule has 1 aliphatic rings. The predicted molar refractivity (Wildman–Crippen MR) is 81.4 cm³/mol. The first kappa shape index (κ1) is 14.9. The van der Waals surface area contributed by atoms with Gasteiger partial charge in [-0.05, 0) is 42.2 Å². The minimum atomic E-state index is 0.676. The van der Waals surface area contributed by atoms with Crippen LogP contribution in [0.1, 0.15) is 25.8 Å². The van der Waals surface area contributed by atoms with E-state index in [0.717, 1.165) is 50.6 Å². The molecule has 4 nitrogen and oxygen atoms in total. The van der Waals surface area contributed by atoms with Crippen molar-refractivity contribution in [2.45, 2.75) is 20.3 Å². The minimum Gasteiger partial charge on any atom is -0.494 e. The second-order valence-electron chi connectivity index (χ2n) is 5.41. The Labute approximate surface area is 121 Å². The Morgan fingerprint density at radius 2 is 1.95 bits per heavy atom. The molecule has 4 heteroatoms. The number of hydrazone groups is 1.